The zero-order chi connectivity index (χ0) is 21.9. The van der Waals surface area contributed by atoms with Crippen molar-refractivity contribution in [2.45, 2.75) is 12.6 Å². The van der Waals surface area contributed by atoms with E-state index in [1.165, 1.54) is 17.4 Å². The van der Waals surface area contributed by atoms with Gasteiger partial charge in [0.2, 0.25) is 5.91 Å². The summed E-state index contributed by atoms with van der Waals surface area (Å²) >= 11 is 19.2. The summed E-state index contributed by atoms with van der Waals surface area (Å²) in [5, 5.41) is 4.06. The molecule has 1 aromatic heterocycles. The predicted molar refractivity (Wildman–Crippen MR) is 115 cm³/mol. The zero-order valence-electron chi connectivity index (χ0n) is 14.9. The average molecular weight is 492 g/mol. The van der Waals surface area contributed by atoms with Gasteiger partial charge in [-0.05, 0) is 53.6 Å². The number of carbonyl (C=O) groups is 1. The largest absolute Gasteiger partial charge is 0.416 e. The molecule has 0 radical (unpaired) electrons. The van der Waals surface area contributed by atoms with Gasteiger partial charge in [0.25, 0.3) is 0 Å². The number of aromatic nitrogens is 1. The number of anilines is 1. The van der Waals surface area contributed by atoms with Crippen LogP contribution in [0.5, 0.6) is 0 Å². The van der Waals surface area contributed by atoms with Gasteiger partial charge in [-0.2, -0.15) is 13.2 Å². The molecule has 2 aromatic carbocycles. The third-order valence-corrected chi connectivity index (χ3v) is 5.52. The first-order valence-electron chi connectivity index (χ1n) is 8.35. The first kappa shape index (κ1) is 22.6. The molecule has 0 saturated heterocycles. The van der Waals surface area contributed by atoms with E-state index in [0.29, 0.717) is 21.6 Å². The minimum atomic E-state index is -4.50. The summed E-state index contributed by atoms with van der Waals surface area (Å²) in [6, 6.07) is 8.10. The van der Waals surface area contributed by atoms with E-state index in [0.717, 1.165) is 34.7 Å². The third kappa shape index (κ3) is 6.22. The normalized spacial score (nSPS) is 11.8. The van der Waals surface area contributed by atoms with E-state index in [4.69, 9.17) is 34.8 Å². The Morgan fingerprint density at radius 1 is 1.10 bits per heavy atom. The molecule has 0 unspecified atom stereocenters. The van der Waals surface area contributed by atoms with Crippen molar-refractivity contribution >= 4 is 63.3 Å². The SMILES string of the molecule is O=C(/C=C/c1cc(C(F)(F)F)ccc1Cl)Nc1ncc(Cc2cc(Cl)cc(Cl)c2)s1. The Morgan fingerprint density at radius 2 is 1.80 bits per heavy atom. The van der Waals surface area contributed by atoms with E-state index in [1.807, 2.05) is 0 Å². The van der Waals surface area contributed by atoms with Crippen LogP contribution < -0.4 is 5.32 Å². The second-order valence-electron chi connectivity index (χ2n) is 6.14. The van der Waals surface area contributed by atoms with E-state index in [2.05, 4.69) is 10.3 Å². The molecule has 3 nitrogen and oxygen atoms in total. The Bertz CT molecular complexity index is 1090. The first-order chi connectivity index (χ1) is 14.1. The van der Waals surface area contributed by atoms with E-state index in [-0.39, 0.29) is 10.6 Å². The molecule has 0 atom stereocenters. The molecule has 3 rings (SSSR count). The fourth-order valence-corrected chi connectivity index (χ4v) is 4.12. The van der Waals surface area contributed by atoms with Gasteiger partial charge in [-0.25, -0.2) is 4.98 Å². The van der Waals surface area contributed by atoms with Gasteiger partial charge < -0.3 is 0 Å². The summed E-state index contributed by atoms with van der Waals surface area (Å²) in [6.45, 7) is 0. The monoisotopic (exact) mass is 490 g/mol. The van der Waals surface area contributed by atoms with Crippen molar-refractivity contribution in [2.75, 3.05) is 5.32 Å². The van der Waals surface area contributed by atoms with Crippen LogP contribution in [0.2, 0.25) is 15.1 Å². The highest BCUT2D eigenvalue weighted by atomic mass is 35.5. The number of halogens is 6. The van der Waals surface area contributed by atoms with Gasteiger partial charge in [-0.1, -0.05) is 34.8 Å². The lowest BCUT2D eigenvalue weighted by molar-refractivity contribution is -0.137. The number of hydrogen-bond donors (Lipinski definition) is 1. The number of nitrogens with zero attached hydrogens (tertiary/aromatic N) is 1. The summed E-state index contributed by atoms with van der Waals surface area (Å²) in [4.78, 5) is 17.1. The lowest BCUT2D eigenvalue weighted by Crippen LogP contribution is -2.07. The van der Waals surface area contributed by atoms with Crippen LogP contribution >= 0.6 is 46.1 Å². The number of hydrogen-bond acceptors (Lipinski definition) is 3. The van der Waals surface area contributed by atoms with E-state index < -0.39 is 17.6 Å². The Balaban J connectivity index is 1.66. The summed E-state index contributed by atoms with van der Waals surface area (Å²) in [7, 11) is 0. The van der Waals surface area contributed by atoms with Gasteiger partial charge in [0.1, 0.15) is 0 Å². The molecule has 0 aliphatic heterocycles. The third-order valence-electron chi connectivity index (χ3n) is 3.82. The first-order valence-corrected chi connectivity index (χ1v) is 10.3. The van der Waals surface area contributed by atoms with Crippen molar-refractivity contribution < 1.29 is 18.0 Å². The maximum atomic E-state index is 12.8. The van der Waals surface area contributed by atoms with Crippen LogP contribution in [-0.4, -0.2) is 10.9 Å². The van der Waals surface area contributed by atoms with Crippen molar-refractivity contribution in [2.24, 2.45) is 0 Å². The highest BCUT2D eigenvalue weighted by Crippen LogP contribution is 2.32. The summed E-state index contributed by atoms with van der Waals surface area (Å²) in [5.74, 6) is -0.546. The second kappa shape index (κ2) is 9.39. The number of thiazole rings is 1. The fraction of sp³-hybridized carbons (Fsp3) is 0.100. The lowest BCUT2D eigenvalue weighted by atomic mass is 10.1. The highest BCUT2D eigenvalue weighted by molar-refractivity contribution is 7.15. The number of amides is 1. The summed E-state index contributed by atoms with van der Waals surface area (Å²) < 4.78 is 38.5. The molecule has 0 bridgehead atoms. The maximum Gasteiger partial charge on any atom is 0.416 e. The number of alkyl halides is 3. The highest BCUT2D eigenvalue weighted by Gasteiger charge is 2.30. The minimum Gasteiger partial charge on any atom is -0.298 e. The van der Waals surface area contributed by atoms with Crippen LogP contribution in [0, 0.1) is 0 Å². The van der Waals surface area contributed by atoms with Gasteiger partial charge in [0.05, 0.1) is 5.56 Å². The average Bonchev–Trinajstić information content (AvgIpc) is 3.05. The number of benzene rings is 2. The van der Waals surface area contributed by atoms with Gasteiger partial charge in [0.15, 0.2) is 5.13 Å². The standard InChI is InChI=1S/C20H12Cl3F3N2OS/c21-14-5-11(6-15(22)9-14)7-16-10-27-19(30-16)28-18(29)4-1-12-8-13(20(24,25)26)2-3-17(12)23/h1-6,8-10H,7H2,(H,27,28,29)/b4-1+. The van der Waals surface area contributed by atoms with Gasteiger partial charge >= 0.3 is 6.18 Å². The Kier molecular flexibility index (Phi) is 7.08. The van der Waals surface area contributed by atoms with E-state index >= 15 is 0 Å². The van der Waals surface area contributed by atoms with Crippen molar-refractivity contribution in [3.63, 3.8) is 0 Å². The molecule has 1 heterocycles. The van der Waals surface area contributed by atoms with E-state index in [1.54, 1.807) is 24.4 Å². The molecule has 3 aromatic rings. The quantitative estimate of drug-likeness (QED) is 0.379. The van der Waals surface area contributed by atoms with Crippen molar-refractivity contribution in [1.29, 1.82) is 0 Å². The Morgan fingerprint density at radius 3 is 2.47 bits per heavy atom. The molecule has 1 N–H and O–H groups in total. The molecule has 156 valence electrons. The molecule has 0 aliphatic carbocycles. The molecular weight excluding hydrogens is 480 g/mol. The molecule has 0 saturated carbocycles. The van der Waals surface area contributed by atoms with Crippen molar-refractivity contribution in [1.82, 2.24) is 4.98 Å². The molecule has 0 spiro atoms. The summed E-state index contributed by atoms with van der Waals surface area (Å²) in [6.07, 6.45) is -0.0412. The number of carbonyl (C=O) groups excluding carboxylic acids is 1. The molecule has 0 fully saturated rings. The van der Waals surface area contributed by atoms with E-state index in [9.17, 15) is 18.0 Å². The summed E-state index contributed by atoms with van der Waals surface area (Å²) in [5.41, 5.74) is 0.130. The van der Waals surface area contributed by atoms with Crippen LogP contribution in [0.4, 0.5) is 18.3 Å². The second-order valence-corrected chi connectivity index (χ2v) is 8.54. The zero-order valence-corrected chi connectivity index (χ0v) is 18.0. The van der Waals surface area contributed by atoms with Crippen LogP contribution in [0.15, 0.2) is 48.7 Å². The minimum absolute atomic E-state index is 0.0827. The van der Waals surface area contributed by atoms with Crippen molar-refractivity contribution in [3.05, 3.63) is 85.3 Å². The smallest absolute Gasteiger partial charge is 0.298 e. The van der Waals surface area contributed by atoms with Crippen LogP contribution in [0.3, 0.4) is 0 Å². The predicted octanol–water partition coefficient (Wildman–Crippen LogP) is 7.36. The Hall–Kier alpha value is -2.06. The van der Waals surface area contributed by atoms with Gasteiger partial charge in [-0.3, -0.25) is 10.1 Å². The molecular formula is C20H12Cl3F3N2OS. The number of rotatable bonds is 5. The van der Waals surface area contributed by atoms with Crippen LogP contribution in [0.25, 0.3) is 6.08 Å². The van der Waals surface area contributed by atoms with Gasteiger partial charge in [-0.15, -0.1) is 11.3 Å². The Labute approximate surface area is 189 Å². The lowest BCUT2D eigenvalue weighted by Gasteiger charge is -2.08. The molecule has 0 aliphatic rings. The molecule has 30 heavy (non-hydrogen) atoms. The van der Waals surface area contributed by atoms with Crippen molar-refractivity contribution in [3.8, 4) is 0 Å². The van der Waals surface area contributed by atoms with Crippen LogP contribution in [0.1, 0.15) is 21.6 Å². The van der Waals surface area contributed by atoms with Gasteiger partial charge in [0, 0.05) is 38.6 Å². The van der Waals surface area contributed by atoms with Crippen LogP contribution in [-0.2, 0) is 17.4 Å². The number of nitrogens with one attached hydrogen (secondary N) is 1. The fourth-order valence-electron chi connectivity index (χ4n) is 2.52. The topological polar surface area (TPSA) is 42.0 Å². The maximum absolute atomic E-state index is 12.8. The molecule has 1 amide bonds. The molecule has 10 heteroatoms.